The lowest BCUT2D eigenvalue weighted by atomic mass is 9.71. The molecular formula is C20H21N2O6-. The zero-order chi connectivity index (χ0) is 20.6. The normalized spacial score (nSPS) is 22.0. The Morgan fingerprint density at radius 1 is 1.32 bits per heavy atom. The molecule has 8 nitrogen and oxygen atoms in total. The fourth-order valence-electron chi connectivity index (χ4n) is 3.85. The molecule has 0 fully saturated rings. The third-order valence-corrected chi connectivity index (χ3v) is 4.98. The van der Waals surface area contributed by atoms with Gasteiger partial charge in [-0.3, -0.25) is 24.7 Å². The number of allylic oxidation sites excluding steroid dienone is 2. The summed E-state index contributed by atoms with van der Waals surface area (Å²) in [6.07, 6.45) is 1.24. The molecule has 2 atom stereocenters. The molecule has 0 amide bonds. The molecule has 8 heteroatoms. The van der Waals surface area contributed by atoms with Crippen LogP contribution in [0.25, 0.3) is 0 Å². The van der Waals surface area contributed by atoms with E-state index in [4.69, 9.17) is 4.74 Å². The zero-order valence-corrected chi connectivity index (χ0v) is 15.9. The average Bonchev–Trinajstić information content (AvgIpc) is 2.60. The van der Waals surface area contributed by atoms with E-state index in [1.54, 1.807) is 20.8 Å². The van der Waals surface area contributed by atoms with Crippen LogP contribution in [0.2, 0.25) is 0 Å². The van der Waals surface area contributed by atoms with Crippen molar-refractivity contribution in [2.75, 3.05) is 0 Å². The predicted molar refractivity (Wildman–Crippen MR) is 99.0 cm³/mol. The number of ether oxygens (including phenoxy) is 1. The van der Waals surface area contributed by atoms with Crippen molar-refractivity contribution in [2.24, 2.45) is 10.9 Å². The summed E-state index contributed by atoms with van der Waals surface area (Å²) in [6.45, 7) is 5.13. The number of benzene rings is 1. The molecule has 1 aliphatic carbocycles. The fraction of sp³-hybridized carbons (Fsp3) is 0.450. The summed E-state index contributed by atoms with van der Waals surface area (Å²) in [4.78, 5) is 40.5. The minimum atomic E-state index is -0.875. The number of nitro benzene ring substituents is 1. The predicted octanol–water partition coefficient (Wildman–Crippen LogP) is 2.80. The van der Waals surface area contributed by atoms with Gasteiger partial charge < -0.3 is 9.84 Å². The fourth-order valence-corrected chi connectivity index (χ4v) is 3.85. The summed E-state index contributed by atoms with van der Waals surface area (Å²) in [5.74, 6) is -3.02. The first-order chi connectivity index (χ1) is 13.2. The molecule has 0 bridgehead atoms. The Morgan fingerprint density at radius 3 is 2.68 bits per heavy atom. The maximum absolute atomic E-state index is 12.8. The number of hydrogen-bond donors (Lipinski definition) is 0. The molecule has 0 radical (unpaired) electrons. The first kappa shape index (κ1) is 19.7. The summed E-state index contributed by atoms with van der Waals surface area (Å²) < 4.78 is 5.38. The molecule has 1 aromatic carbocycles. The van der Waals surface area contributed by atoms with Gasteiger partial charge in [0.05, 0.1) is 11.0 Å². The highest BCUT2D eigenvalue weighted by molar-refractivity contribution is 6.08. The molecule has 28 heavy (non-hydrogen) atoms. The number of rotatable bonds is 4. The van der Waals surface area contributed by atoms with Gasteiger partial charge in [0.15, 0.2) is 5.78 Å². The van der Waals surface area contributed by atoms with E-state index in [0.717, 1.165) is 12.1 Å². The number of nitrogens with zero attached hydrogens (tertiary/aromatic N) is 2. The minimum Gasteiger partial charge on any atom is -0.868 e. The number of Topliss-reactive ketones (excluding diaryl/α,β-unsaturated/α-hetero) is 1. The van der Waals surface area contributed by atoms with Gasteiger partial charge in [0.1, 0.15) is 5.92 Å². The Balaban J connectivity index is 2.18. The van der Waals surface area contributed by atoms with Gasteiger partial charge in [-0.1, -0.05) is 12.1 Å². The van der Waals surface area contributed by atoms with E-state index < -0.39 is 34.2 Å². The Morgan fingerprint density at radius 2 is 2.04 bits per heavy atom. The van der Waals surface area contributed by atoms with Gasteiger partial charge in [-0.15, -0.1) is 0 Å². The lowest BCUT2D eigenvalue weighted by Gasteiger charge is -2.34. The largest absolute Gasteiger partial charge is 0.868 e. The van der Waals surface area contributed by atoms with Gasteiger partial charge in [-0.25, -0.2) is 0 Å². The lowest BCUT2D eigenvalue weighted by molar-refractivity contribution is -0.398. The molecule has 0 saturated heterocycles. The summed E-state index contributed by atoms with van der Waals surface area (Å²) in [7, 11) is 0. The van der Waals surface area contributed by atoms with Crippen LogP contribution < -0.4 is 5.11 Å². The lowest BCUT2D eigenvalue weighted by Crippen LogP contribution is -2.38. The highest BCUT2D eigenvalue weighted by Gasteiger charge is 2.43. The molecule has 0 saturated carbocycles. The monoisotopic (exact) mass is 385 g/mol. The molecular weight excluding hydrogens is 364 g/mol. The van der Waals surface area contributed by atoms with Crippen LogP contribution in [-0.4, -0.2) is 28.5 Å². The Hall–Kier alpha value is -3.03. The van der Waals surface area contributed by atoms with Crippen LogP contribution in [0.15, 0.2) is 34.5 Å². The second kappa shape index (κ2) is 7.53. The number of carbonyl (C=O) groups is 2. The molecule has 0 spiro atoms. The van der Waals surface area contributed by atoms with E-state index in [9.17, 15) is 24.8 Å². The molecule has 1 unspecified atom stereocenters. The van der Waals surface area contributed by atoms with Gasteiger partial charge >= 0.3 is 5.97 Å². The second-order valence-electron chi connectivity index (χ2n) is 7.32. The molecule has 0 N–H and O–H groups in total. The third kappa shape index (κ3) is 3.54. The molecule has 0 aromatic heterocycles. The summed E-state index contributed by atoms with van der Waals surface area (Å²) >= 11 is 0. The van der Waals surface area contributed by atoms with Crippen LogP contribution in [0.5, 0.6) is 5.75 Å². The van der Waals surface area contributed by atoms with Crippen molar-refractivity contribution in [1.82, 2.24) is 0 Å². The average molecular weight is 385 g/mol. The molecule has 1 aliphatic heterocycles. The third-order valence-electron chi connectivity index (χ3n) is 4.98. The maximum Gasteiger partial charge on any atom is 0.315 e. The van der Waals surface area contributed by atoms with Crippen molar-refractivity contribution in [3.05, 3.63) is 45.1 Å². The molecule has 1 heterocycles. The van der Waals surface area contributed by atoms with Crippen LogP contribution in [0.3, 0.4) is 0 Å². The zero-order valence-electron chi connectivity index (χ0n) is 15.9. The SMILES string of the molecule is CC1=NC2=C(C(=O)CCC2)[C@@H](c2ccc([O-])c([N+](=O)[O-])c2)C1C(=O)OC(C)C. The minimum absolute atomic E-state index is 0.126. The molecule has 2 aliphatic rings. The number of aliphatic imine (C=N–C) groups is 1. The van der Waals surface area contributed by atoms with Crippen molar-refractivity contribution in [3.63, 3.8) is 0 Å². The Bertz CT molecular complexity index is 915. The van der Waals surface area contributed by atoms with Crippen molar-refractivity contribution >= 4 is 23.2 Å². The molecule has 3 rings (SSSR count). The van der Waals surface area contributed by atoms with Crippen LogP contribution in [0.1, 0.15) is 51.5 Å². The van der Waals surface area contributed by atoms with Crippen molar-refractivity contribution in [3.8, 4) is 5.75 Å². The van der Waals surface area contributed by atoms with Gasteiger partial charge in [-0.05, 0) is 44.9 Å². The number of esters is 1. The number of ketones is 1. The van der Waals surface area contributed by atoms with Gasteiger partial charge in [0, 0.05) is 35.4 Å². The molecule has 1 aromatic rings. The maximum atomic E-state index is 12.8. The van der Waals surface area contributed by atoms with Crippen molar-refractivity contribution in [2.45, 2.75) is 52.1 Å². The van der Waals surface area contributed by atoms with Gasteiger partial charge in [0.2, 0.25) is 0 Å². The van der Waals surface area contributed by atoms with E-state index in [1.165, 1.54) is 6.07 Å². The van der Waals surface area contributed by atoms with E-state index in [-0.39, 0.29) is 11.9 Å². The Labute approximate surface area is 162 Å². The smallest absolute Gasteiger partial charge is 0.315 e. The quantitative estimate of drug-likeness (QED) is 0.446. The Kier molecular flexibility index (Phi) is 5.31. The number of nitro groups is 1. The van der Waals surface area contributed by atoms with Crippen LogP contribution in [0, 0.1) is 16.0 Å². The molecule has 148 valence electrons. The summed E-state index contributed by atoms with van der Waals surface area (Å²) in [5, 5.41) is 23.1. The second-order valence-corrected chi connectivity index (χ2v) is 7.32. The van der Waals surface area contributed by atoms with Crippen molar-refractivity contribution in [1.29, 1.82) is 0 Å². The first-order valence-electron chi connectivity index (χ1n) is 9.18. The van der Waals surface area contributed by atoms with E-state index >= 15 is 0 Å². The van der Waals surface area contributed by atoms with E-state index in [1.807, 2.05) is 0 Å². The van der Waals surface area contributed by atoms with Crippen molar-refractivity contribution < 1.29 is 24.4 Å². The van der Waals surface area contributed by atoms with E-state index in [2.05, 4.69) is 4.99 Å². The van der Waals surface area contributed by atoms with Crippen LogP contribution >= 0.6 is 0 Å². The summed E-state index contributed by atoms with van der Waals surface area (Å²) in [6, 6.07) is 3.71. The topological polar surface area (TPSA) is 122 Å². The highest BCUT2D eigenvalue weighted by Crippen LogP contribution is 2.44. The standard InChI is InChI=1S/C20H22N2O6/c1-10(2)28-20(25)17-11(3)21-13-5-4-6-16(24)19(13)18(17)12-7-8-15(23)14(9-12)22(26)27/h7-10,17-18,23H,4-6H2,1-3H3/p-1/t17?,18-/m0/s1. The number of hydrogen-bond acceptors (Lipinski definition) is 7. The van der Waals surface area contributed by atoms with Gasteiger partial charge in [-0.2, -0.15) is 0 Å². The van der Waals surface area contributed by atoms with Crippen LogP contribution in [0.4, 0.5) is 5.69 Å². The van der Waals surface area contributed by atoms with Gasteiger partial charge in [0.25, 0.3) is 5.69 Å². The van der Waals surface area contributed by atoms with Crippen LogP contribution in [-0.2, 0) is 14.3 Å². The van der Waals surface area contributed by atoms with E-state index in [0.29, 0.717) is 41.8 Å². The summed E-state index contributed by atoms with van der Waals surface area (Å²) in [5.41, 5.74) is 1.29. The first-order valence-corrected chi connectivity index (χ1v) is 9.18. The number of carbonyl (C=O) groups excluding carboxylic acids is 2. The highest BCUT2D eigenvalue weighted by atomic mass is 16.6.